The second kappa shape index (κ2) is 8.23. The van der Waals surface area contributed by atoms with E-state index in [1.165, 1.54) is 16.9 Å². The summed E-state index contributed by atoms with van der Waals surface area (Å²) < 4.78 is 5.02. The molecule has 6 nitrogen and oxygen atoms in total. The zero-order valence-electron chi connectivity index (χ0n) is 15.2. The Morgan fingerprint density at radius 3 is 2.58 bits per heavy atom. The normalized spacial score (nSPS) is 10.9. The van der Waals surface area contributed by atoms with Crippen molar-refractivity contribution in [3.8, 4) is 11.3 Å². The molecule has 0 atom stereocenters. The molecule has 2 heterocycles. The molecule has 1 amide bonds. The van der Waals surface area contributed by atoms with Crippen LogP contribution in [0.25, 0.3) is 11.3 Å². The molecular formula is C19H22N4O2S. The summed E-state index contributed by atoms with van der Waals surface area (Å²) in [4.78, 5) is 21.9. The highest BCUT2D eigenvalue weighted by molar-refractivity contribution is 7.16. The number of nitrogens with one attached hydrogen (secondary N) is 1. The highest BCUT2D eigenvalue weighted by Gasteiger charge is 2.13. The molecule has 0 aliphatic carbocycles. The maximum atomic E-state index is 12.1. The van der Waals surface area contributed by atoms with E-state index < -0.39 is 0 Å². The van der Waals surface area contributed by atoms with Crippen LogP contribution in [0.5, 0.6) is 0 Å². The third kappa shape index (κ3) is 4.54. The van der Waals surface area contributed by atoms with Crippen LogP contribution in [0.3, 0.4) is 0 Å². The smallest absolute Gasteiger partial charge is 0.227 e. The Morgan fingerprint density at radius 1 is 1.15 bits per heavy atom. The number of carbonyl (C=O) groups is 1. The number of rotatable bonds is 7. The number of amides is 1. The molecule has 0 aliphatic heterocycles. The van der Waals surface area contributed by atoms with Crippen LogP contribution in [0, 0.1) is 13.8 Å². The molecule has 0 bridgehead atoms. The van der Waals surface area contributed by atoms with Crippen LogP contribution in [0.4, 0.5) is 5.13 Å². The van der Waals surface area contributed by atoms with Crippen molar-refractivity contribution in [1.29, 1.82) is 0 Å². The summed E-state index contributed by atoms with van der Waals surface area (Å²) in [6.45, 7) is 5.94. The molecule has 1 aromatic carbocycles. The van der Waals surface area contributed by atoms with Gasteiger partial charge in [-0.3, -0.25) is 4.79 Å². The molecule has 1 N–H and O–H groups in total. The van der Waals surface area contributed by atoms with Gasteiger partial charge in [-0.05, 0) is 25.8 Å². The minimum atomic E-state index is -0.112. The van der Waals surface area contributed by atoms with E-state index in [2.05, 4.69) is 51.6 Å². The molecule has 3 aromatic rings. The highest BCUT2D eigenvalue weighted by atomic mass is 32.1. The van der Waals surface area contributed by atoms with Gasteiger partial charge in [0.2, 0.25) is 11.8 Å². The molecule has 0 radical (unpaired) electrons. The van der Waals surface area contributed by atoms with Gasteiger partial charge in [0.1, 0.15) is 0 Å². The molecule has 0 saturated heterocycles. The zero-order valence-corrected chi connectivity index (χ0v) is 16.0. The van der Waals surface area contributed by atoms with Crippen LogP contribution in [-0.2, 0) is 17.6 Å². The topological polar surface area (TPSA) is 80.9 Å². The summed E-state index contributed by atoms with van der Waals surface area (Å²) in [5.74, 6) is 0.936. The zero-order chi connectivity index (χ0) is 18.5. The Labute approximate surface area is 156 Å². The largest absolute Gasteiger partial charge is 0.339 e. The van der Waals surface area contributed by atoms with Crippen molar-refractivity contribution >= 4 is 22.4 Å². The number of aromatic nitrogens is 3. The molecule has 0 aliphatic rings. The molecule has 2 aromatic heterocycles. The third-order valence-corrected chi connectivity index (χ3v) is 4.83. The number of thiazole rings is 1. The van der Waals surface area contributed by atoms with Crippen LogP contribution in [0.2, 0.25) is 0 Å². The highest BCUT2D eigenvalue weighted by Crippen LogP contribution is 2.30. The summed E-state index contributed by atoms with van der Waals surface area (Å²) in [6, 6.07) is 8.47. The van der Waals surface area contributed by atoms with Crippen molar-refractivity contribution in [3.63, 3.8) is 0 Å². The minimum absolute atomic E-state index is 0.112. The van der Waals surface area contributed by atoms with Gasteiger partial charge in [-0.1, -0.05) is 42.8 Å². The van der Waals surface area contributed by atoms with Crippen LogP contribution in [0.15, 0.2) is 28.8 Å². The fourth-order valence-corrected chi connectivity index (χ4v) is 3.53. The fraction of sp³-hybridized carbons (Fsp3) is 0.368. The van der Waals surface area contributed by atoms with Crippen LogP contribution >= 0.6 is 11.3 Å². The Morgan fingerprint density at radius 2 is 1.92 bits per heavy atom. The van der Waals surface area contributed by atoms with E-state index in [0.29, 0.717) is 23.3 Å². The summed E-state index contributed by atoms with van der Waals surface area (Å²) in [5.41, 5.74) is 3.32. The van der Waals surface area contributed by atoms with Gasteiger partial charge in [0, 0.05) is 23.3 Å². The number of nitrogens with zero attached hydrogens (tertiary/aromatic N) is 3. The summed E-state index contributed by atoms with van der Waals surface area (Å²) >= 11 is 1.48. The van der Waals surface area contributed by atoms with E-state index in [-0.39, 0.29) is 12.3 Å². The Kier molecular flexibility index (Phi) is 5.78. The van der Waals surface area contributed by atoms with Crippen molar-refractivity contribution in [2.45, 2.75) is 46.5 Å². The van der Waals surface area contributed by atoms with Gasteiger partial charge in [-0.15, -0.1) is 11.3 Å². The molecule has 0 spiro atoms. The van der Waals surface area contributed by atoms with Crippen LogP contribution in [-0.4, -0.2) is 21.0 Å². The van der Waals surface area contributed by atoms with Gasteiger partial charge in [0.25, 0.3) is 0 Å². The summed E-state index contributed by atoms with van der Waals surface area (Å²) in [6.07, 6.45) is 2.91. The van der Waals surface area contributed by atoms with Crippen LogP contribution in [0.1, 0.15) is 41.9 Å². The van der Waals surface area contributed by atoms with Crippen molar-refractivity contribution in [3.05, 3.63) is 46.4 Å². The second-order valence-corrected chi connectivity index (χ2v) is 7.36. The van der Waals surface area contributed by atoms with Crippen molar-refractivity contribution in [2.24, 2.45) is 0 Å². The van der Waals surface area contributed by atoms with Gasteiger partial charge in [0.05, 0.1) is 5.69 Å². The lowest BCUT2D eigenvalue weighted by molar-refractivity contribution is -0.116. The van der Waals surface area contributed by atoms with Gasteiger partial charge in [-0.2, -0.15) is 4.98 Å². The Hall–Kier alpha value is -2.54. The van der Waals surface area contributed by atoms with E-state index in [9.17, 15) is 4.79 Å². The van der Waals surface area contributed by atoms with Gasteiger partial charge < -0.3 is 9.84 Å². The number of hydrogen-bond donors (Lipinski definition) is 1. The maximum absolute atomic E-state index is 12.1. The number of carbonyl (C=O) groups excluding carboxylic acids is 1. The second-order valence-electron chi connectivity index (χ2n) is 6.15. The number of hydrogen-bond acceptors (Lipinski definition) is 6. The Bertz CT molecular complexity index is 883. The molecule has 0 unspecified atom stereocenters. The van der Waals surface area contributed by atoms with Crippen molar-refractivity contribution in [2.75, 3.05) is 5.32 Å². The number of benzene rings is 1. The van der Waals surface area contributed by atoms with E-state index >= 15 is 0 Å². The standard InChI is InChI=1S/C19H22N4O2S/c1-4-5-14-6-8-15(9-7-14)18-12(2)26-19(22-18)21-16(24)10-11-17-20-13(3)23-25-17/h6-9H,4-5,10-11H2,1-3H3,(H,21,22,24). The molecule has 136 valence electrons. The van der Waals surface area contributed by atoms with Gasteiger partial charge >= 0.3 is 0 Å². The first kappa shape index (κ1) is 18.3. The molecular weight excluding hydrogens is 348 g/mol. The number of aryl methyl sites for hydroxylation is 4. The quantitative estimate of drug-likeness (QED) is 0.669. The monoisotopic (exact) mass is 370 g/mol. The SMILES string of the molecule is CCCc1ccc(-c2nc(NC(=O)CCc3nc(C)no3)sc2C)cc1. The lowest BCUT2D eigenvalue weighted by Crippen LogP contribution is -2.12. The van der Waals surface area contributed by atoms with E-state index in [4.69, 9.17) is 4.52 Å². The predicted molar refractivity (Wildman–Crippen MR) is 102 cm³/mol. The Balaban J connectivity index is 1.62. The van der Waals surface area contributed by atoms with E-state index in [1.54, 1.807) is 6.92 Å². The summed E-state index contributed by atoms with van der Waals surface area (Å²) in [5, 5.41) is 7.19. The fourth-order valence-electron chi connectivity index (χ4n) is 2.68. The first-order chi connectivity index (χ1) is 12.5. The average molecular weight is 370 g/mol. The van der Waals surface area contributed by atoms with Crippen molar-refractivity contribution < 1.29 is 9.32 Å². The van der Waals surface area contributed by atoms with Gasteiger partial charge in [0.15, 0.2) is 11.0 Å². The maximum Gasteiger partial charge on any atom is 0.227 e. The molecule has 0 fully saturated rings. The number of anilines is 1. The van der Waals surface area contributed by atoms with Gasteiger partial charge in [-0.25, -0.2) is 4.98 Å². The van der Waals surface area contributed by atoms with E-state index in [1.807, 2.05) is 6.92 Å². The lowest BCUT2D eigenvalue weighted by atomic mass is 10.1. The lowest BCUT2D eigenvalue weighted by Gasteiger charge is -2.02. The first-order valence-corrected chi connectivity index (χ1v) is 9.52. The predicted octanol–water partition coefficient (Wildman–Crippen LogP) is 4.33. The molecule has 0 saturated carbocycles. The molecule has 3 rings (SSSR count). The van der Waals surface area contributed by atoms with Crippen LogP contribution < -0.4 is 5.32 Å². The minimum Gasteiger partial charge on any atom is -0.339 e. The summed E-state index contributed by atoms with van der Waals surface area (Å²) in [7, 11) is 0. The first-order valence-electron chi connectivity index (χ1n) is 8.71. The average Bonchev–Trinajstić information content (AvgIpc) is 3.19. The molecule has 26 heavy (non-hydrogen) atoms. The van der Waals surface area contributed by atoms with Crippen molar-refractivity contribution in [1.82, 2.24) is 15.1 Å². The third-order valence-electron chi connectivity index (χ3n) is 3.94. The molecule has 7 heteroatoms. The van der Waals surface area contributed by atoms with E-state index in [0.717, 1.165) is 29.0 Å².